The van der Waals surface area contributed by atoms with Crippen LogP contribution in [0.1, 0.15) is 46.5 Å². The van der Waals surface area contributed by atoms with Crippen molar-refractivity contribution in [2.45, 2.75) is 46.5 Å². The van der Waals surface area contributed by atoms with Gasteiger partial charge < -0.3 is 25.0 Å². The van der Waals surface area contributed by atoms with Crippen LogP contribution in [0, 0.1) is 17.8 Å². The molecule has 2 saturated heterocycles. The van der Waals surface area contributed by atoms with E-state index in [1.54, 1.807) is 0 Å². The fraction of sp³-hybridized carbons (Fsp3) is 0.952. The van der Waals surface area contributed by atoms with E-state index in [-0.39, 0.29) is 24.0 Å². The first-order valence-electron chi connectivity index (χ1n) is 11.1. The van der Waals surface area contributed by atoms with Crippen molar-refractivity contribution in [3.8, 4) is 0 Å². The van der Waals surface area contributed by atoms with Crippen LogP contribution in [-0.2, 0) is 9.47 Å². The summed E-state index contributed by atoms with van der Waals surface area (Å²) in [5.41, 5.74) is 0. The first kappa shape index (κ1) is 25.9. The SMILES string of the molecule is CCNC(=NCC1CCCN(CC(C)C)C1)NCCCOCC1CCOC1.I. The fourth-order valence-corrected chi connectivity index (χ4v) is 3.89. The third kappa shape index (κ3) is 11.2. The van der Waals surface area contributed by atoms with Crippen LogP contribution in [0.3, 0.4) is 0 Å². The van der Waals surface area contributed by atoms with Gasteiger partial charge in [0, 0.05) is 51.9 Å². The number of aliphatic imine (C=N–C) groups is 1. The molecule has 0 spiro atoms. The Morgan fingerprint density at radius 2 is 2.11 bits per heavy atom. The van der Waals surface area contributed by atoms with E-state index in [0.29, 0.717) is 11.8 Å². The summed E-state index contributed by atoms with van der Waals surface area (Å²) in [6.07, 6.45) is 4.76. The Labute approximate surface area is 189 Å². The summed E-state index contributed by atoms with van der Waals surface area (Å²) in [5.74, 6) is 2.98. The van der Waals surface area contributed by atoms with Gasteiger partial charge in [0.15, 0.2) is 5.96 Å². The number of nitrogens with one attached hydrogen (secondary N) is 2. The van der Waals surface area contributed by atoms with Crippen LogP contribution in [0.2, 0.25) is 0 Å². The second-order valence-electron chi connectivity index (χ2n) is 8.47. The zero-order chi connectivity index (χ0) is 19.3. The van der Waals surface area contributed by atoms with Crippen LogP contribution in [0.5, 0.6) is 0 Å². The Kier molecular flexibility index (Phi) is 14.5. The maximum Gasteiger partial charge on any atom is 0.191 e. The van der Waals surface area contributed by atoms with Gasteiger partial charge in [-0.2, -0.15) is 0 Å². The molecule has 2 heterocycles. The van der Waals surface area contributed by atoms with Crippen molar-refractivity contribution < 1.29 is 9.47 Å². The van der Waals surface area contributed by atoms with Crippen molar-refractivity contribution in [1.82, 2.24) is 15.5 Å². The molecule has 2 aliphatic rings. The van der Waals surface area contributed by atoms with Crippen LogP contribution in [-0.4, -0.2) is 76.6 Å². The molecule has 0 aromatic carbocycles. The van der Waals surface area contributed by atoms with Crippen LogP contribution in [0.4, 0.5) is 0 Å². The molecule has 2 unspecified atom stereocenters. The molecule has 0 amide bonds. The van der Waals surface area contributed by atoms with E-state index in [2.05, 4.69) is 36.3 Å². The summed E-state index contributed by atoms with van der Waals surface area (Å²) in [6.45, 7) is 16.5. The minimum atomic E-state index is 0. The number of rotatable bonds is 11. The highest BCUT2D eigenvalue weighted by molar-refractivity contribution is 14.0. The van der Waals surface area contributed by atoms with Crippen molar-refractivity contribution in [1.29, 1.82) is 0 Å². The molecular formula is C21H43IN4O2. The molecule has 0 bridgehead atoms. The van der Waals surface area contributed by atoms with Crippen molar-refractivity contribution in [2.24, 2.45) is 22.7 Å². The molecule has 166 valence electrons. The molecule has 2 atom stereocenters. The van der Waals surface area contributed by atoms with Gasteiger partial charge in [0.05, 0.1) is 13.2 Å². The van der Waals surface area contributed by atoms with E-state index >= 15 is 0 Å². The topological polar surface area (TPSA) is 58.1 Å². The number of guanidine groups is 1. The van der Waals surface area contributed by atoms with Gasteiger partial charge in [-0.15, -0.1) is 24.0 Å². The van der Waals surface area contributed by atoms with Gasteiger partial charge in [-0.1, -0.05) is 13.8 Å². The zero-order valence-electron chi connectivity index (χ0n) is 18.3. The van der Waals surface area contributed by atoms with Crippen molar-refractivity contribution in [3.63, 3.8) is 0 Å². The Bertz CT molecular complexity index is 417. The van der Waals surface area contributed by atoms with Crippen LogP contribution in [0.25, 0.3) is 0 Å². The number of piperidine rings is 1. The molecule has 0 aliphatic carbocycles. The van der Waals surface area contributed by atoms with E-state index in [1.165, 1.54) is 32.5 Å². The molecule has 7 heteroatoms. The van der Waals surface area contributed by atoms with E-state index in [4.69, 9.17) is 14.5 Å². The number of hydrogen-bond acceptors (Lipinski definition) is 4. The third-order valence-electron chi connectivity index (χ3n) is 5.21. The maximum atomic E-state index is 5.77. The van der Waals surface area contributed by atoms with Gasteiger partial charge in [0.25, 0.3) is 0 Å². The Hall–Kier alpha value is -0.120. The molecule has 6 nitrogen and oxygen atoms in total. The molecule has 0 saturated carbocycles. The molecule has 0 aromatic heterocycles. The second kappa shape index (κ2) is 15.7. The highest BCUT2D eigenvalue weighted by atomic mass is 127. The lowest BCUT2D eigenvalue weighted by Crippen LogP contribution is -2.41. The summed E-state index contributed by atoms with van der Waals surface area (Å²) < 4.78 is 11.1. The molecule has 2 N–H and O–H groups in total. The Morgan fingerprint density at radius 3 is 2.82 bits per heavy atom. The maximum absolute atomic E-state index is 5.77. The summed E-state index contributed by atoms with van der Waals surface area (Å²) in [4.78, 5) is 7.45. The fourth-order valence-electron chi connectivity index (χ4n) is 3.89. The highest BCUT2D eigenvalue weighted by Gasteiger charge is 2.20. The third-order valence-corrected chi connectivity index (χ3v) is 5.21. The van der Waals surface area contributed by atoms with E-state index in [0.717, 1.165) is 70.8 Å². The van der Waals surface area contributed by atoms with Crippen molar-refractivity contribution >= 4 is 29.9 Å². The molecule has 0 radical (unpaired) electrons. The molecular weight excluding hydrogens is 467 g/mol. The molecule has 2 rings (SSSR count). The first-order chi connectivity index (χ1) is 13.2. The van der Waals surface area contributed by atoms with Gasteiger partial charge in [0.2, 0.25) is 0 Å². The minimum absolute atomic E-state index is 0. The monoisotopic (exact) mass is 510 g/mol. The number of ether oxygens (including phenoxy) is 2. The van der Waals surface area contributed by atoms with Crippen molar-refractivity contribution in [3.05, 3.63) is 0 Å². The van der Waals surface area contributed by atoms with Crippen LogP contribution in [0.15, 0.2) is 4.99 Å². The summed E-state index contributed by atoms with van der Waals surface area (Å²) in [6, 6.07) is 0. The number of hydrogen-bond donors (Lipinski definition) is 2. The standard InChI is InChI=1S/C21H42N4O2.HI/c1-4-22-21(23-9-6-11-26-16-20-8-12-27-17-20)24-13-19-7-5-10-25(15-19)14-18(2)3;/h18-20H,4-17H2,1-3H3,(H2,22,23,24);1H. The lowest BCUT2D eigenvalue weighted by molar-refractivity contribution is 0.0888. The zero-order valence-corrected chi connectivity index (χ0v) is 20.6. The second-order valence-corrected chi connectivity index (χ2v) is 8.47. The lowest BCUT2D eigenvalue weighted by atomic mass is 9.97. The smallest absolute Gasteiger partial charge is 0.191 e. The summed E-state index contributed by atoms with van der Waals surface area (Å²) in [7, 11) is 0. The Morgan fingerprint density at radius 1 is 1.25 bits per heavy atom. The summed E-state index contributed by atoms with van der Waals surface area (Å²) >= 11 is 0. The van der Waals surface area contributed by atoms with E-state index in [9.17, 15) is 0 Å². The molecule has 2 fully saturated rings. The van der Waals surface area contributed by atoms with Gasteiger partial charge >= 0.3 is 0 Å². The number of likely N-dealkylation sites (tertiary alicyclic amines) is 1. The van der Waals surface area contributed by atoms with E-state index in [1.807, 2.05) is 0 Å². The molecule has 2 aliphatic heterocycles. The largest absolute Gasteiger partial charge is 0.381 e. The van der Waals surface area contributed by atoms with Gasteiger partial charge in [-0.25, -0.2) is 0 Å². The summed E-state index contributed by atoms with van der Waals surface area (Å²) in [5, 5.41) is 6.82. The van der Waals surface area contributed by atoms with Crippen LogP contribution < -0.4 is 10.6 Å². The average molecular weight is 511 g/mol. The van der Waals surface area contributed by atoms with Gasteiger partial charge in [-0.05, 0) is 51.0 Å². The predicted molar refractivity (Wildman–Crippen MR) is 128 cm³/mol. The first-order valence-corrected chi connectivity index (χ1v) is 11.1. The average Bonchev–Trinajstić information content (AvgIpc) is 3.15. The highest BCUT2D eigenvalue weighted by Crippen LogP contribution is 2.17. The van der Waals surface area contributed by atoms with Gasteiger partial charge in [0.1, 0.15) is 0 Å². The minimum Gasteiger partial charge on any atom is -0.381 e. The predicted octanol–water partition coefficient (Wildman–Crippen LogP) is 2.97. The van der Waals surface area contributed by atoms with Gasteiger partial charge in [-0.3, -0.25) is 4.99 Å². The number of nitrogens with zero attached hydrogens (tertiary/aromatic N) is 2. The molecule has 0 aromatic rings. The van der Waals surface area contributed by atoms with Crippen molar-refractivity contribution in [2.75, 3.05) is 65.7 Å². The van der Waals surface area contributed by atoms with E-state index < -0.39 is 0 Å². The Balaban J connectivity index is 0.00000392. The van der Waals surface area contributed by atoms with Crippen LogP contribution >= 0.6 is 24.0 Å². The lowest BCUT2D eigenvalue weighted by Gasteiger charge is -2.33. The number of halogens is 1. The normalized spacial score (nSPS) is 23.6. The quantitative estimate of drug-likeness (QED) is 0.194. The molecule has 28 heavy (non-hydrogen) atoms.